The SMILES string of the molecule is Cn1nc2c(=O)[nH]cnc2c1-c1ccccn1. The molecule has 1 N–H and O–H groups in total. The van der Waals surface area contributed by atoms with E-state index >= 15 is 0 Å². The molecule has 0 radical (unpaired) electrons. The number of nitrogens with zero attached hydrogens (tertiary/aromatic N) is 4. The molecule has 0 fully saturated rings. The summed E-state index contributed by atoms with van der Waals surface area (Å²) in [5.41, 5.74) is 2.14. The maximum Gasteiger partial charge on any atom is 0.279 e. The Morgan fingerprint density at radius 2 is 2.12 bits per heavy atom. The molecule has 0 aliphatic heterocycles. The second-order valence-electron chi connectivity index (χ2n) is 3.62. The summed E-state index contributed by atoms with van der Waals surface area (Å²) in [7, 11) is 1.77. The molecule has 0 bridgehead atoms. The number of hydrogen-bond acceptors (Lipinski definition) is 4. The summed E-state index contributed by atoms with van der Waals surface area (Å²) in [6.07, 6.45) is 3.07. The van der Waals surface area contributed by atoms with Crippen molar-refractivity contribution in [2.24, 2.45) is 7.05 Å². The summed E-state index contributed by atoms with van der Waals surface area (Å²) >= 11 is 0. The Hall–Kier alpha value is -2.50. The van der Waals surface area contributed by atoms with E-state index in [9.17, 15) is 4.79 Å². The fraction of sp³-hybridized carbons (Fsp3) is 0.0909. The zero-order valence-electron chi connectivity index (χ0n) is 9.08. The number of aromatic nitrogens is 5. The molecule has 0 aliphatic carbocycles. The van der Waals surface area contributed by atoms with Crippen LogP contribution in [0.25, 0.3) is 22.4 Å². The van der Waals surface area contributed by atoms with Crippen LogP contribution in [-0.2, 0) is 7.05 Å². The molecule has 0 aliphatic rings. The third-order valence-corrected chi connectivity index (χ3v) is 2.53. The van der Waals surface area contributed by atoms with Crippen LogP contribution < -0.4 is 5.56 Å². The lowest BCUT2D eigenvalue weighted by Gasteiger charge is -1.99. The standard InChI is InChI=1S/C11H9N5O/c1-16-10(7-4-2-3-5-12-7)8-9(15-16)11(17)14-6-13-8/h2-6H,1H3,(H,13,14,17). The number of rotatable bonds is 1. The smallest absolute Gasteiger partial charge is 0.279 e. The van der Waals surface area contributed by atoms with Crippen molar-refractivity contribution in [3.63, 3.8) is 0 Å². The molecule has 6 nitrogen and oxygen atoms in total. The second kappa shape index (κ2) is 3.51. The summed E-state index contributed by atoms with van der Waals surface area (Å²) < 4.78 is 1.62. The summed E-state index contributed by atoms with van der Waals surface area (Å²) in [6.45, 7) is 0. The first kappa shape index (κ1) is 9.71. The van der Waals surface area contributed by atoms with Crippen LogP contribution in [0.15, 0.2) is 35.5 Å². The first-order chi connectivity index (χ1) is 8.27. The topological polar surface area (TPSA) is 76.5 Å². The van der Waals surface area contributed by atoms with Crippen LogP contribution in [0, 0.1) is 0 Å². The molecule has 3 rings (SSSR count). The van der Waals surface area contributed by atoms with Gasteiger partial charge in [0.1, 0.15) is 11.2 Å². The van der Waals surface area contributed by atoms with Gasteiger partial charge in [0.2, 0.25) is 0 Å². The number of nitrogens with one attached hydrogen (secondary N) is 1. The van der Waals surface area contributed by atoms with Crippen LogP contribution in [-0.4, -0.2) is 24.7 Å². The highest BCUT2D eigenvalue weighted by Gasteiger charge is 2.14. The van der Waals surface area contributed by atoms with Crippen LogP contribution in [0.1, 0.15) is 0 Å². The Bertz CT molecular complexity index is 728. The highest BCUT2D eigenvalue weighted by atomic mass is 16.1. The van der Waals surface area contributed by atoms with Gasteiger partial charge in [0, 0.05) is 13.2 Å². The van der Waals surface area contributed by atoms with Gasteiger partial charge in [-0.25, -0.2) is 4.98 Å². The monoisotopic (exact) mass is 227 g/mol. The number of pyridine rings is 1. The molecule has 17 heavy (non-hydrogen) atoms. The van der Waals surface area contributed by atoms with E-state index in [1.807, 2.05) is 18.2 Å². The minimum atomic E-state index is -0.243. The molecule has 0 spiro atoms. The molecule has 3 aromatic heterocycles. The minimum absolute atomic E-state index is 0.243. The van der Waals surface area contributed by atoms with Crippen LogP contribution in [0.4, 0.5) is 0 Å². The van der Waals surface area contributed by atoms with Gasteiger partial charge in [-0.1, -0.05) is 6.07 Å². The van der Waals surface area contributed by atoms with Crippen LogP contribution in [0.2, 0.25) is 0 Å². The summed E-state index contributed by atoms with van der Waals surface area (Å²) in [5.74, 6) is 0. The molecule has 6 heteroatoms. The van der Waals surface area contributed by atoms with E-state index in [4.69, 9.17) is 0 Å². The van der Waals surface area contributed by atoms with Gasteiger partial charge in [0.05, 0.1) is 12.0 Å². The predicted molar refractivity (Wildman–Crippen MR) is 62.4 cm³/mol. The normalized spacial score (nSPS) is 10.9. The average Bonchev–Trinajstić information content (AvgIpc) is 2.68. The Morgan fingerprint density at radius 1 is 1.24 bits per heavy atom. The van der Waals surface area contributed by atoms with Gasteiger partial charge in [-0.15, -0.1) is 0 Å². The first-order valence-corrected chi connectivity index (χ1v) is 5.09. The number of H-pyrrole nitrogens is 1. The van der Waals surface area contributed by atoms with Crippen molar-refractivity contribution < 1.29 is 0 Å². The largest absolute Gasteiger partial charge is 0.311 e. The zero-order chi connectivity index (χ0) is 11.8. The highest BCUT2D eigenvalue weighted by molar-refractivity contribution is 5.87. The Labute approximate surface area is 96.0 Å². The van der Waals surface area contributed by atoms with Crippen molar-refractivity contribution in [1.29, 1.82) is 0 Å². The van der Waals surface area contributed by atoms with Crippen molar-refractivity contribution in [1.82, 2.24) is 24.7 Å². The van der Waals surface area contributed by atoms with E-state index in [1.54, 1.807) is 17.9 Å². The van der Waals surface area contributed by atoms with E-state index in [0.717, 1.165) is 11.4 Å². The quantitative estimate of drug-likeness (QED) is 0.664. The number of fused-ring (bicyclic) bond motifs is 1. The van der Waals surface area contributed by atoms with Gasteiger partial charge >= 0.3 is 0 Å². The maximum atomic E-state index is 11.6. The predicted octanol–water partition coefficient (Wildman–Crippen LogP) is 0.719. The Balaban J connectivity index is 2.41. The average molecular weight is 227 g/mol. The van der Waals surface area contributed by atoms with E-state index in [2.05, 4.69) is 20.1 Å². The van der Waals surface area contributed by atoms with Gasteiger partial charge in [0.25, 0.3) is 5.56 Å². The van der Waals surface area contributed by atoms with Crippen molar-refractivity contribution in [2.75, 3.05) is 0 Å². The van der Waals surface area contributed by atoms with E-state index in [0.29, 0.717) is 11.0 Å². The van der Waals surface area contributed by atoms with Crippen molar-refractivity contribution in [3.05, 3.63) is 41.1 Å². The number of aromatic amines is 1. The maximum absolute atomic E-state index is 11.6. The summed E-state index contributed by atoms with van der Waals surface area (Å²) in [4.78, 5) is 22.5. The Kier molecular flexibility index (Phi) is 2.01. The third-order valence-electron chi connectivity index (χ3n) is 2.53. The minimum Gasteiger partial charge on any atom is -0.311 e. The zero-order valence-corrected chi connectivity index (χ0v) is 9.08. The first-order valence-electron chi connectivity index (χ1n) is 5.09. The van der Waals surface area contributed by atoms with Gasteiger partial charge in [-0.3, -0.25) is 14.5 Å². The molecule has 0 saturated carbocycles. The molecule has 0 atom stereocenters. The van der Waals surface area contributed by atoms with Crippen molar-refractivity contribution in [3.8, 4) is 11.4 Å². The summed E-state index contributed by atoms with van der Waals surface area (Å²) in [6, 6.07) is 5.58. The lowest BCUT2D eigenvalue weighted by atomic mass is 10.2. The molecule has 3 heterocycles. The molecule has 3 aromatic rings. The fourth-order valence-electron chi connectivity index (χ4n) is 1.80. The second-order valence-corrected chi connectivity index (χ2v) is 3.62. The molecule has 84 valence electrons. The highest BCUT2D eigenvalue weighted by Crippen LogP contribution is 2.22. The molecule has 0 amide bonds. The van der Waals surface area contributed by atoms with E-state index < -0.39 is 0 Å². The molecule has 0 aromatic carbocycles. The molecular formula is C11H9N5O. The number of aryl methyl sites for hydroxylation is 1. The lowest BCUT2D eigenvalue weighted by Crippen LogP contribution is -2.06. The fourth-order valence-corrected chi connectivity index (χ4v) is 1.80. The summed E-state index contributed by atoms with van der Waals surface area (Å²) in [5, 5.41) is 4.16. The molecule has 0 saturated heterocycles. The molecule has 0 unspecified atom stereocenters. The van der Waals surface area contributed by atoms with Crippen LogP contribution in [0.3, 0.4) is 0 Å². The van der Waals surface area contributed by atoms with Crippen LogP contribution in [0.5, 0.6) is 0 Å². The van der Waals surface area contributed by atoms with Crippen molar-refractivity contribution >= 4 is 11.0 Å². The van der Waals surface area contributed by atoms with E-state index in [1.165, 1.54) is 6.33 Å². The van der Waals surface area contributed by atoms with Gasteiger partial charge < -0.3 is 4.98 Å². The van der Waals surface area contributed by atoms with Crippen LogP contribution >= 0.6 is 0 Å². The van der Waals surface area contributed by atoms with Gasteiger partial charge in [-0.2, -0.15) is 5.10 Å². The van der Waals surface area contributed by atoms with Gasteiger partial charge in [-0.05, 0) is 12.1 Å². The lowest BCUT2D eigenvalue weighted by molar-refractivity contribution is 0.783. The van der Waals surface area contributed by atoms with Crippen molar-refractivity contribution in [2.45, 2.75) is 0 Å². The Morgan fingerprint density at radius 3 is 2.88 bits per heavy atom. The van der Waals surface area contributed by atoms with Gasteiger partial charge in [0.15, 0.2) is 5.52 Å². The molecular weight excluding hydrogens is 218 g/mol. The third kappa shape index (κ3) is 1.42. The van der Waals surface area contributed by atoms with E-state index in [-0.39, 0.29) is 5.56 Å². The number of hydrogen-bond donors (Lipinski definition) is 1.